The largest absolute Gasteiger partial charge is 0.416 e. The van der Waals surface area contributed by atoms with Crippen molar-refractivity contribution in [3.05, 3.63) is 59.7 Å². The lowest BCUT2D eigenvalue weighted by Crippen LogP contribution is -2.22. The summed E-state index contributed by atoms with van der Waals surface area (Å²) in [6, 6.07) is 11.9. The maximum atomic E-state index is 12.7. The number of carbonyl (C=O) groups excluding carboxylic acids is 1. The van der Waals surface area contributed by atoms with E-state index in [4.69, 9.17) is 4.74 Å². The number of nitrogens with one attached hydrogen (secondary N) is 2. The van der Waals surface area contributed by atoms with Crippen molar-refractivity contribution in [2.45, 2.75) is 32.7 Å². The van der Waals surface area contributed by atoms with Gasteiger partial charge in [-0.05, 0) is 49.7 Å². The van der Waals surface area contributed by atoms with Gasteiger partial charge in [-0.15, -0.1) is 0 Å². The lowest BCUT2D eigenvalue weighted by molar-refractivity contribution is -0.137. The van der Waals surface area contributed by atoms with Gasteiger partial charge >= 0.3 is 6.18 Å². The predicted molar refractivity (Wildman–Crippen MR) is 94.9 cm³/mol. The van der Waals surface area contributed by atoms with Crippen LogP contribution in [0.2, 0.25) is 0 Å². The van der Waals surface area contributed by atoms with E-state index in [1.165, 1.54) is 12.1 Å². The van der Waals surface area contributed by atoms with Crippen molar-refractivity contribution >= 4 is 17.3 Å². The Morgan fingerprint density at radius 3 is 2.46 bits per heavy atom. The Labute approximate surface area is 150 Å². The van der Waals surface area contributed by atoms with Gasteiger partial charge in [-0.2, -0.15) is 13.2 Å². The SMILES string of the molecule is CC(C)OCc1cccc(NC(=O)CNc2cccc(C(F)(F)F)c2)c1. The first-order chi connectivity index (χ1) is 12.2. The third-order valence-corrected chi connectivity index (χ3v) is 3.44. The van der Waals surface area contributed by atoms with E-state index in [9.17, 15) is 18.0 Å². The molecule has 2 N–H and O–H groups in total. The molecule has 0 saturated heterocycles. The number of ether oxygens (including phenoxy) is 1. The molecule has 0 fully saturated rings. The van der Waals surface area contributed by atoms with Gasteiger partial charge in [0.2, 0.25) is 5.91 Å². The average molecular weight is 366 g/mol. The minimum atomic E-state index is -4.42. The van der Waals surface area contributed by atoms with Gasteiger partial charge in [0.1, 0.15) is 0 Å². The Morgan fingerprint density at radius 2 is 1.77 bits per heavy atom. The smallest absolute Gasteiger partial charge is 0.376 e. The third-order valence-electron chi connectivity index (χ3n) is 3.44. The molecule has 0 aliphatic heterocycles. The lowest BCUT2D eigenvalue weighted by Gasteiger charge is -2.12. The molecule has 0 unspecified atom stereocenters. The molecule has 0 aliphatic rings. The van der Waals surface area contributed by atoms with E-state index < -0.39 is 11.7 Å². The summed E-state index contributed by atoms with van der Waals surface area (Å²) in [5.41, 5.74) is 0.989. The number of halogens is 3. The average Bonchev–Trinajstić information content (AvgIpc) is 2.58. The zero-order valence-corrected chi connectivity index (χ0v) is 14.6. The maximum absolute atomic E-state index is 12.7. The molecule has 0 aliphatic carbocycles. The number of hydrogen-bond donors (Lipinski definition) is 2. The summed E-state index contributed by atoms with van der Waals surface area (Å²) in [7, 11) is 0. The van der Waals surface area contributed by atoms with Crippen molar-refractivity contribution in [3.8, 4) is 0 Å². The lowest BCUT2D eigenvalue weighted by atomic mass is 10.2. The van der Waals surface area contributed by atoms with Gasteiger partial charge in [-0.3, -0.25) is 4.79 Å². The van der Waals surface area contributed by atoms with Crippen molar-refractivity contribution in [3.63, 3.8) is 0 Å². The predicted octanol–water partition coefficient (Wildman–Crippen LogP) is 4.68. The zero-order valence-electron chi connectivity index (χ0n) is 14.6. The van der Waals surface area contributed by atoms with Gasteiger partial charge in [0.25, 0.3) is 0 Å². The second-order valence-electron chi connectivity index (χ2n) is 6.04. The second kappa shape index (κ2) is 8.71. The summed E-state index contributed by atoms with van der Waals surface area (Å²) in [6.45, 7) is 4.16. The number of benzene rings is 2. The fourth-order valence-electron chi connectivity index (χ4n) is 2.19. The molecule has 4 nitrogen and oxygen atoms in total. The van der Waals surface area contributed by atoms with Crippen LogP contribution in [0, 0.1) is 0 Å². The summed E-state index contributed by atoms with van der Waals surface area (Å²) < 4.78 is 43.6. The number of hydrogen-bond acceptors (Lipinski definition) is 3. The van der Waals surface area contributed by atoms with Crippen molar-refractivity contribution in [2.75, 3.05) is 17.2 Å². The fraction of sp³-hybridized carbons (Fsp3) is 0.316. The Balaban J connectivity index is 1.90. The summed E-state index contributed by atoms with van der Waals surface area (Å²) in [6.07, 6.45) is -4.32. The molecule has 7 heteroatoms. The number of anilines is 2. The number of rotatable bonds is 7. The Morgan fingerprint density at radius 1 is 1.08 bits per heavy atom. The van der Waals surface area contributed by atoms with Gasteiger partial charge in [-0.1, -0.05) is 18.2 Å². The molecule has 0 saturated carbocycles. The molecule has 2 aromatic carbocycles. The number of carbonyl (C=O) groups is 1. The molecular weight excluding hydrogens is 345 g/mol. The van der Waals surface area contributed by atoms with E-state index in [-0.39, 0.29) is 24.2 Å². The highest BCUT2D eigenvalue weighted by Crippen LogP contribution is 2.30. The van der Waals surface area contributed by atoms with Crippen molar-refractivity contribution < 1.29 is 22.7 Å². The molecule has 0 aromatic heterocycles. The molecular formula is C19H21F3N2O2. The first-order valence-electron chi connectivity index (χ1n) is 8.15. The van der Waals surface area contributed by atoms with E-state index in [1.54, 1.807) is 18.2 Å². The molecule has 0 radical (unpaired) electrons. The summed E-state index contributed by atoms with van der Waals surface area (Å²) in [5, 5.41) is 5.40. The molecule has 2 aromatic rings. The van der Waals surface area contributed by atoms with E-state index in [0.29, 0.717) is 12.3 Å². The van der Waals surface area contributed by atoms with Crippen molar-refractivity contribution in [1.82, 2.24) is 0 Å². The third kappa shape index (κ3) is 6.40. The van der Waals surface area contributed by atoms with E-state index in [0.717, 1.165) is 17.7 Å². The van der Waals surface area contributed by atoms with E-state index in [2.05, 4.69) is 10.6 Å². The standard InChI is InChI=1S/C19H21F3N2O2/c1-13(2)26-12-14-5-3-8-17(9-14)24-18(25)11-23-16-7-4-6-15(10-16)19(20,21)22/h3-10,13,23H,11-12H2,1-2H3,(H,24,25). The molecule has 140 valence electrons. The first-order valence-corrected chi connectivity index (χ1v) is 8.15. The van der Waals surface area contributed by atoms with Crippen LogP contribution < -0.4 is 10.6 Å². The maximum Gasteiger partial charge on any atom is 0.416 e. The van der Waals surface area contributed by atoms with Crippen LogP contribution in [-0.2, 0) is 22.3 Å². The summed E-state index contributed by atoms with van der Waals surface area (Å²) >= 11 is 0. The monoisotopic (exact) mass is 366 g/mol. The highest BCUT2D eigenvalue weighted by molar-refractivity contribution is 5.93. The Bertz CT molecular complexity index is 746. The molecule has 0 heterocycles. The van der Waals surface area contributed by atoms with Crippen LogP contribution in [0.1, 0.15) is 25.0 Å². The van der Waals surface area contributed by atoms with Crippen LogP contribution in [0.25, 0.3) is 0 Å². The van der Waals surface area contributed by atoms with Gasteiger partial charge in [0.05, 0.1) is 24.8 Å². The van der Waals surface area contributed by atoms with Crippen LogP contribution in [0.15, 0.2) is 48.5 Å². The molecule has 0 atom stereocenters. The molecule has 26 heavy (non-hydrogen) atoms. The minimum Gasteiger partial charge on any atom is -0.376 e. The van der Waals surface area contributed by atoms with Gasteiger partial charge < -0.3 is 15.4 Å². The molecule has 1 amide bonds. The number of alkyl halides is 3. The molecule has 0 bridgehead atoms. The Kier molecular flexibility index (Phi) is 6.63. The zero-order chi connectivity index (χ0) is 19.2. The van der Waals surface area contributed by atoms with Gasteiger partial charge in [0.15, 0.2) is 0 Å². The molecule has 0 spiro atoms. The summed E-state index contributed by atoms with van der Waals surface area (Å²) in [5.74, 6) is -0.357. The van der Waals surface area contributed by atoms with E-state index in [1.807, 2.05) is 19.9 Å². The van der Waals surface area contributed by atoms with Gasteiger partial charge in [0, 0.05) is 11.4 Å². The number of amides is 1. The van der Waals surface area contributed by atoms with Crippen LogP contribution in [0.3, 0.4) is 0 Å². The molecule has 2 rings (SSSR count). The quantitative estimate of drug-likeness (QED) is 0.748. The van der Waals surface area contributed by atoms with Gasteiger partial charge in [-0.25, -0.2) is 0 Å². The van der Waals surface area contributed by atoms with Crippen molar-refractivity contribution in [2.24, 2.45) is 0 Å². The topological polar surface area (TPSA) is 50.4 Å². The fourth-order valence-corrected chi connectivity index (χ4v) is 2.19. The van der Waals surface area contributed by atoms with Crippen LogP contribution in [-0.4, -0.2) is 18.6 Å². The van der Waals surface area contributed by atoms with E-state index >= 15 is 0 Å². The van der Waals surface area contributed by atoms with Crippen LogP contribution in [0.5, 0.6) is 0 Å². The van der Waals surface area contributed by atoms with Crippen LogP contribution in [0.4, 0.5) is 24.5 Å². The van der Waals surface area contributed by atoms with Crippen LogP contribution >= 0.6 is 0 Å². The highest BCUT2D eigenvalue weighted by atomic mass is 19.4. The minimum absolute atomic E-state index is 0.102. The van der Waals surface area contributed by atoms with Crippen molar-refractivity contribution in [1.29, 1.82) is 0 Å². The Hall–Kier alpha value is -2.54. The highest BCUT2D eigenvalue weighted by Gasteiger charge is 2.30. The first kappa shape index (κ1) is 19.8. The summed E-state index contributed by atoms with van der Waals surface area (Å²) in [4.78, 5) is 12.0. The normalized spacial score (nSPS) is 11.5. The second-order valence-corrected chi connectivity index (χ2v) is 6.04.